The van der Waals surface area contributed by atoms with Gasteiger partial charge in [-0.1, -0.05) is 11.6 Å². The van der Waals surface area contributed by atoms with Crippen molar-refractivity contribution >= 4 is 29.1 Å². The lowest BCUT2D eigenvalue weighted by Gasteiger charge is -2.37. The van der Waals surface area contributed by atoms with Crippen LogP contribution in [-0.4, -0.2) is 49.2 Å². The number of halogens is 1. The molecule has 0 radical (unpaired) electrons. The summed E-state index contributed by atoms with van der Waals surface area (Å²) in [5.41, 5.74) is 1.74. The fraction of sp³-hybridized carbons (Fsp3) is 0.474. The van der Waals surface area contributed by atoms with Gasteiger partial charge in [0.2, 0.25) is 5.95 Å². The number of methoxy groups -OCH3 is 1. The van der Waals surface area contributed by atoms with Gasteiger partial charge in [0.15, 0.2) is 5.79 Å². The molecule has 2 aromatic rings. The molecule has 0 amide bonds. The first-order valence-electron chi connectivity index (χ1n) is 9.06. The van der Waals surface area contributed by atoms with Crippen LogP contribution in [0.5, 0.6) is 5.75 Å². The zero-order valence-corrected chi connectivity index (χ0v) is 16.3. The lowest BCUT2D eigenvalue weighted by molar-refractivity contribution is -0.169. The van der Waals surface area contributed by atoms with Crippen LogP contribution in [-0.2, 0) is 9.47 Å². The number of aromatic nitrogens is 2. The van der Waals surface area contributed by atoms with Gasteiger partial charge in [-0.3, -0.25) is 0 Å². The van der Waals surface area contributed by atoms with Gasteiger partial charge in [-0.15, -0.1) is 0 Å². The van der Waals surface area contributed by atoms with Gasteiger partial charge in [-0.05, 0) is 25.1 Å². The third-order valence-electron chi connectivity index (χ3n) is 4.89. The van der Waals surface area contributed by atoms with Gasteiger partial charge < -0.3 is 24.4 Å². The number of hydrogen-bond donors (Lipinski definition) is 1. The molecule has 1 aromatic carbocycles. The molecule has 144 valence electrons. The van der Waals surface area contributed by atoms with Gasteiger partial charge in [0.25, 0.3) is 0 Å². The molecule has 2 saturated heterocycles. The van der Waals surface area contributed by atoms with Crippen LogP contribution in [0.2, 0.25) is 5.02 Å². The van der Waals surface area contributed by atoms with Crippen LogP contribution >= 0.6 is 11.6 Å². The lowest BCUT2D eigenvalue weighted by atomic mass is 10.0. The van der Waals surface area contributed by atoms with E-state index in [0.29, 0.717) is 29.9 Å². The Morgan fingerprint density at radius 2 is 1.89 bits per heavy atom. The molecule has 8 heteroatoms. The monoisotopic (exact) mass is 390 g/mol. The van der Waals surface area contributed by atoms with Crippen molar-refractivity contribution in [3.05, 3.63) is 35.0 Å². The highest BCUT2D eigenvalue weighted by Gasteiger charge is 2.40. The molecule has 27 heavy (non-hydrogen) atoms. The van der Waals surface area contributed by atoms with E-state index in [1.54, 1.807) is 7.11 Å². The van der Waals surface area contributed by atoms with Crippen molar-refractivity contribution in [2.24, 2.45) is 0 Å². The third kappa shape index (κ3) is 3.95. The molecule has 0 unspecified atom stereocenters. The summed E-state index contributed by atoms with van der Waals surface area (Å²) in [5, 5.41) is 3.85. The van der Waals surface area contributed by atoms with Crippen LogP contribution in [0.25, 0.3) is 0 Å². The fourth-order valence-corrected chi connectivity index (χ4v) is 3.74. The van der Waals surface area contributed by atoms with Crippen molar-refractivity contribution in [2.45, 2.75) is 25.6 Å². The Labute approximate surface area is 163 Å². The largest absolute Gasteiger partial charge is 0.495 e. The number of benzene rings is 1. The molecule has 0 saturated carbocycles. The van der Waals surface area contributed by atoms with Crippen LogP contribution in [0, 0.1) is 6.92 Å². The number of aryl methyl sites for hydroxylation is 1. The minimum absolute atomic E-state index is 0.402. The van der Waals surface area contributed by atoms with E-state index in [1.807, 2.05) is 31.2 Å². The van der Waals surface area contributed by atoms with Crippen LogP contribution in [0.15, 0.2) is 24.3 Å². The normalized spacial score (nSPS) is 18.7. The summed E-state index contributed by atoms with van der Waals surface area (Å²) in [6, 6.07) is 7.46. The van der Waals surface area contributed by atoms with Crippen LogP contribution in [0.4, 0.5) is 17.5 Å². The van der Waals surface area contributed by atoms with Gasteiger partial charge in [0.1, 0.15) is 11.6 Å². The van der Waals surface area contributed by atoms with E-state index in [9.17, 15) is 0 Å². The summed E-state index contributed by atoms with van der Waals surface area (Å²) in [7, 11) is 1.60. The Bertz CT molecular complexity index is 817. The number of rotatable bonds is 4. The molecule has 1 spiro atoms. The Balaban J connectivity index is 1.49. The summed E-state index contributed by atoms with van der Waals surface area (Å²) in [4.78, 5) is 11.5. The Morgan fingerprint density at radius 1 is 1.15 bits per heavy atom. The van der Waals surface area contributed by atoms with E-state index in [2.05, 4.69) is 20.2 Å². The molecule has 0 bridgehead atoms. The van der Waals surface area contributed by atoms with Crippen molar-refractivity contribution in [3.63, 3.8) is 0 Å². The molecule has 2 aliphatic heterocycles. The second-order valence-corrected chi connectivity index (χ2v) is 7.17. The molecule has 1 aromatic heterocycles. The lowest BCUT2D eigenvalue weighted by Crippen LogP contribution is -2.45. The summed E-state index contributed by atoms with van der Waals surface area (Å²) >= 11 is 6.21. The molecule has 0 atom stereocenters. The van der Waals surface area contributed by atoms with Crippen molar-refractivity contribution < 1.29 is 14.2 Å². The van der Waals surface area contributed by atoms with E-state index < -0.39 is 5.79 Å². The maximum atomic E-state index is 6.21. The molecule has 3 heterocycles. The first-order valence-corrected chi connectivity index (χ1v) is 9.44. The third-order valence-corrected chi connectivity index (χ3v) is 5.18. The number of nitrogens with one attached hydrogen (secondary N) is 1. The van der Waals surface area contributed by atoms with Gasteiger partial charge >= 0.3 is 0 Å². The van der Waals surface area contributed by atoms with E-state index >= 15 is 0 Å². The minimum Gasteiger partial charge on any atom is -0.495 e. The number of hydrogen-bond acceptors (Lipinski definition) is 7. The predicted molar refractivity (Wildman–Crippen MR) is 104 cm³/mol. The second kappa shape index (κ2) is 7.50. The highest BCUT2D eigenvalue weighted by atomic mass is 35.5. The highest BCUT2D eigenvalue weighted by molar-refractivity contribution is 6.32. The first kappa shape index (κ1) is 18.3. The topological polar surface area (TPSA) is 68.7 Å². The molecule has 0 aliphatic carbocycles. The molecular formula is C19H23ClN4O3. The summed E-state index contributed by atoms with van der Waals surface area (Å²) in [6.45, 7) is 4.93. The number of nitrogens with zero attached hydrogens (tertiary/aromatic N) is 3. The standard InChI is InChI=1S/C19H23ClN4O3/c1-13-11-17(22-14-3-4-16(25-2)15(20)12-14)23-18(21-13)24-7-5-19(6-8-24)26-9-10-27-19/h3-4,11-12H,5-10H2,1-2H3,(H,21,22,23). The van der Waals surface area contributed by atoms with Gasteiger partial charge in [-0.2, -0.15) is 4.98 Å². The van der Waals surface area contributed by atoms with E-state index in [0.717, 1.165) is 43.1 Å². The van der Waals surface area contributed by atoms with Crippen LogP contribution in [0.1, 0.15) is 18.5 Å². The average Bonchev–Trinajstić information content (AvgIpc) is 3.10. The number of anilines is 3. The van der Waals surface area contributed by atoms with Crippen LogP contribution < -0.4 is 15.0 Å². The van der Waals surface area contributed by atoms with E-state index in [4.69, 9.17) is 25.8 Å². The van der Waals surface area contributed by atoms with Crippen molar-refractivity contribution in [1.29, 1.82) is 0 Å². The van der Waals surface area contributed by atoms with E-state index in [-0.39, 0.29) is 0 Å². The van der Waals surface area contributed by atoms with Crippen molar-refractivity contribution in [3.8, 4) is 5.75 Å². The summed E-state index contributed by atoms with van der Waals surface area (Å²) in [5.74, 6) is 1.68. The SMILES string of the molecule is COc1ccc(Nc2cc(C)nc(N3CCC4(CC3)OCCO4)n2)cc1Cl. The van der Waals surface area contributed by atoms with Gasteiger partial charge in [0, 0.05) is 43.4 Å². The maximum Gasteiger partial charge on any atom is 0.227 e. The highest BCUT2D eigenvalue weighted by Crippen LogP contribution is 2.33. The van der Waals surface area contributed by atoms with Crippen LogP contribution in [0.3, 0.4) is 0 Å². The first-order chi connectivity index (χ1) is 13.1. The Kier molecular flexibility index (Phi) is 5.08. The fourth-order valence-electron chi connectivity index (χ4n) is 3.48. The maximum absolute atomic E-state index is 6.21. The zero-order chi connectivity index (χ0) is 18.9. The average molecular weight is 391 g/mol. The van der Waals surface area contributed by atoms with Crippen molar-refractivity contribution in [2.75, 3.05) is 43.6 Å². The van der Waals surface area contributed by atoms with Gasteiger partial charge in [0.05, 0.1) is 25.3 Å². The summed E-state index contributed by atoms with van der Waals surface area (Å²) < 4.78 is 16.8. The predicted octanol–water partition coefficient (Wildman–Crippen LogP) is 3.53. The molecule has 7 nitrogen and oxygen atoms in total. The summed E-state index contributed by atoms with van der Waals surface area (Å²) in [6.07, 6.45) is 1.64. The second-order valence-electron chi connectivity index (χ2n) is 6.76. The zero-order valence-electron chi connectivity index (χ0n) is 15.5. The van der Waals surface area contributed by atoms with E-state index in [1.165, 1.54) is 0 Å². The molecular weight excluding hydrogens is 368 g/mol. The molecule has 2 aliphatic rings. The number of piperidine rings is 1. The minimum atomic E-state index is -0.402. The molecule has 4 rings (SSSR count). The van der Waals surface area contributed by atoms with Crippen molar-refractivity contribution in [1.82, 2.24) is 9.97 Å². The molecule has 1 N–H and O–H groups in total. The Hall–Kier alpha value is -2.09. The number of ether oxygens (including phenoxy) is 3. The quantitative estimate of drug-likeness (QED) is 0.856. The molecule has 2 fully saturated rings. The Morgan fingerprint density at radius 3 is 2.56 bits per heavy atom. The van der Waals surface area contributed by atoms with Gasteiger partial charge in [-0.25, -0.2) is 4.98 Å². The smallest absolute Gasteiger partial charge is 0.227 e.